The SMILES string of the molecule is C[C@@](C#N)(CO)COC(=O)c1ccccc1. The summed E-state index contributed by atoms with van der Waals surface area (Å²) in [7, 11) is 0. The van der Waals surface area contributed by atoms with Crippen LogP contribution in [0.4, 0.5) is 0 Å². The van der Waals surface area contributed by atoms with Gasteiger partial charge in [-0.05, 0) is 19.1 Å². The third-order valence-electron chi connectivity index (χ3n) is 2.15. The first-order valence-electron chi connectivity index (χ1n) is 4.85. The molecule has 0 aliphatic rings. The van der Waals surface area contributed by atoms with E-state index in [4.69, 9.17) is 15.1 Å². The van der Waals surface area contributed by atoms with Gasteiger partial charge in [-0.3, -0.25) is 0 Å². The maximum Gasteiger partial charge on any atom is 0.338 e. The summed E-state index contributed by atoms with van der Waals surface area (Å²) in [6.07, 6.45) is 0. The molecule has 84 valence electrons. The minimum absolute atomic E-state index is 0.117. The fraction of sp³-hybridized carbons (Fsp3) is 0.333. The Hall–Kier alpha value is -1.86. The monoisotopic (exact) mass is 219 g/mol. The topological polar surface area (TPSA) is 70.3 Å². The molecule has 1 atom stereocenters. The van der Waals surface area contributed by atoms with Crippen LogP contribution < -0.4 is 0 Å². The van der Waals surface area contributed by atoms with Crippen molar-refractivity contribution in [2.24, 2.45) is 5.41 Å². The van der Waals surface area contributed by atoms with Gasteiger partial charge in [0.05, 0.1) is 18.2 Å². The normalized spacial score (nSPS) is 13.6. The van der Waals surface area contributed by atoms with Crippen molar-refractivity contribution in [3.8, 4) is 6.07 Å². The average Bonchev–Trinajstić information content (AvgIpc) is 2.36. The number of hydrogen-bond acceptors (Lipinski definition) is 4. The Kier molecular flexibility index (Phi) is 4.03. The van der Waals surface area contributed by atoms with Crippen molar-refractivity contribution >= 4 is 5.97 Å². The predicted molar refractivity (Wildman–Crippen MR) is 57.5 cm³/mol. The zero-order valence-electron chi connectivity index (χ0n) is 9.01. The van der Waals surface area contributed by atoms with Gasteiger partial charge in [0.2, 0.25) is 0 Å². The first-order valence-corrected chi connectivity index (χ1v) is 4.85. The summed E-state index contributed by atoms with van der Waals surface area (Å²) >= 11 is 0. The molecule has 0 spiro atoms. The number of carbonyl (C=O) groups is 1. The minimum atomic E-state index is -1.04. The Balaban J connectivity index is 2.58. The fourth-order valence-corrected chi connectivity index (χ4v) is 0.996. The molecule has 0 radical (unpaired) electrons. The molecule has 0 aliphatic heterocycles. The number of nitriles is 1. The van der Waals surface area contributed by atoms with Crippen LogP contribution in [0.25, 0.3) is 0 Å². The molecule has 0 bridgehead atoms. The van der Waals surface area contributed by atoms with Crippen LogP contribution in [-0.4, -0.2) is 24.3 Å². The van der Waals surface area contributed by atoms with Crippen LogP contribution in [0, 0.1) is 16.7 Å². The van der Waals surface area contributed by atoms with Crippen LogP contribution >= 0.6 is 0 Å². The van der Waals surface area contributed by atoms with E-state index in [9.17, 15) is 4.79 Å². The molecule has 4 heteroatoms. The second-order valence-corrected chi connectivity index (χ2v) is 3.77. The molecule has 1 N–H and O–H groups in total. The summed E-state index contributed by atoms with van der Waals surface area (Å²) < 4.78 is 4.95. The van der Waals surface area contributed by atoms with Gasteiger partial charge < -0.3 is 9.84 Å². The summed E-state index contributed by atoms with van der Waals surface area (Å²) in [5.41, 5.74) is -0.606. The highest BCUT2D eigenvalue weighted by atomic mass is 16.5. The summed E-state index contributed by atoms with van der Waals surface area (Å²) in [6.45, 7) is 1.07. The molecule has 0 saturated carbocycles. The van der Waals surface area contributed by atoms with Gasteiger partial charge in [0.1, 0.15) is 12.0 Å². The van der Waals surface area contributed by atoms with E-state index in [1.807, 2.05) is 6.07 Å². The number of carbonyl (C=O) groups excluding carboxylic acids is 1. The maximum atomic E-state index is 11.5. The van der Waals surface area contributed by atoms with Crippen LogP contribution in [0.5, 0.6) is 0 Å². The van der Waals surface area contributed by atoms with Gasteiger partial charge in [0, 0.05) is 0 Å². The van der Waals surface area contributed by atoms with Gasteiger partial charge in [-0.2, -0.15) is 5.26 Å². The smallest absolute Gasteiger partial charge is 0.338 e. The summed E-state index contributed by atoms with van der Waals surface area (Å²) in [6, 6.07) is 10.4. The van der Waals surface area contributed by atoms with E-state index in [-0.39, 0.29) is 13.2 Å². The van der Waals surface area contributed by atoms with Crippen LogP contribution in [0.1, 0.15) is 17.3 Å². The highest BCUT2D eigenvalue weighted by Gasteiger charge is 2.25. The summed E-state index contributed by atoms with van der Waals surface area (Å²) in [5, 5.41) is 17.7. The van der Waals surface area contributed by atoms with Gasteiger partial charge in [0.25, 0.3) is 0 Å². The van der Waals surface area contributed by atoms with E-state index in [0.717, 1.165) is 0 Å². The molecule has 0 amide bonds. The highest BCUT2D eigenvalue weighted by molar-refractivity contribution is 5.89. The molecule has 0 fully saturated rings. The molecule has 0 aromatic heterocycles. The van der Waals surface area contributed by atoms with Crippen LogP contribution in [0.15, 0.2) is 30.3 Å². The van der Waals surface area contributed by atoms with E-state index >= 15 is 0 Å². The molecule has 4 nitrogen and oxygen atoms in total. The van der Waals surface area contributed by atoms with Gasteiger partial charge in [0.15, 0.2) is 0 Å². The third kappa shape index (κ3) is 3.07. The molecule has 0 unspecified atom stereocenters. The maximum absolute atomic E-state index is 11.5. The largest absolute Gasteiger partial charge is 0.460 e. The number of aliphatic hydroxyl groups excluding tert-OH is 1. The van der Waals surface area contributed by atoms with Crippen LogP contribution in [0.2, 0.25) is 0 Å². The fourth-order valence-electron chi connectivity index (χ4n) is 0.996. The van der Waals surface area contributed by atoms with Crippen LogP contribution in [-0.2, 0) is 4.74 Å². The predicted octanol–water partition coefficient (Wildman–Crippen LogP) is 1.37. The molecular formula is C12H13NO3. The number of aliphatic hydroxyl groups is 1. The second-order valence-electron chi connectivity index (χ2n) is 3.77. The average molecular weight is 219 g/mol. The second kappa shape index (κ2) is 5.29. The van der Waals surface area contributed by atoms with Crippen molar-refractivity contribution in [1.82, 2.24) is 0 Å². The Bertz CT molecular complexity index is 396. The molecular weight excluding hydrogens is 206 g/mol. The van der Waals surface area contributed by atoms with Crippen molar-refractivity contribution in [2.45, 2.75) is 6.92 Å². The quantitative estimate of drug-likeness (QED) is 0.776. The van der Waals surface area contributed by atoms with Gasteiger partial charge in [-0.25, -0.2) is 4.79 Å². The van der Waals surface area contributed by atoms with Crippen molar-refractivity contribution in [3.05, 3.63) is 35.9 Å². The lowest BCUT2D eigenvalue weighted by molar-refractivity contribution is 0.0304. The van der Waals surface area contributed by atoms with E-state index in [0.29, 0.717) is 5.56 Å². The highest BCUT2D eigenvalue weighted by Crippen LogP contribution is 2.15. The number of nitrogens with zero attached hydrogens (tertiary/aromatic N) is 1. The van der Waals surface area contributed by atoms with Gasteiger partial charge in [-0.15, -0.1) is 0 Å². The molecule has 1 aromatic carbocycles. The minimum Gasteiger partial charge on any atom is -0.460 e. The van der Waals surface area contributed by atoms with Gasteiger partial charge in [-0.1, -0.05) is 18.2 Å². The Morgan fingerprint density at radius 2 is 2.12 bits per heavy atom. The van der Waals surface area contributed by atoms with E-state index in [1.165, 1.54) is 6.92 Å². The number of rotatable bonds is 4. The third-order valence-corrected chi connectivity index (χ3v) is 2.15. The molecule has 0 aliphatic carbocycles. The van der Waals surface area contributed by atoms with Crippen LogP contribution in [0.3, 0.4) is 0 Å². The number of ether oxygens (including phenoxy) is 1. The van der Waals surface area contributed by atoms with E-state index in [1.54, 1.807) is 30.3 Å². The molecule has 16 heavy (non-hydrogen) atoms. The first kappa shape index (κ1) is 12.2. The lowest BCUT2D eigenvalue weighted by Crippen LogP contribution is -2.27. The Labute approximate surface area is 94.1 Å². The van der Waals surface area contributed by atoms with Gasteiger partial charge >= 0.3 is 5.97 Å². The van der Waals surface area contributed by atoms with Crippen molar-refractivity contribution < 1.29 is 14.6 Å². The van der Waals surface area contributed by atoms with Crippen molar-refractivity contribution in [3.63, 3.8) is 0 Å². The number of hydrogen-bond donors (Lipinski definition) is 1. The zero-order chi connectivity index (χ0) is 12.0. The number of esters is 1. The first-order chi connectivity index (χ1) is 7.61. The molecule has 1 aromatic rings. The lowest BCUT2D eigenvalue weighted by Gasteiger charge is -2.17. The summed E-state index contributed by atoms with van der Waals surface area (Å²) in [4.78, 5) is 11.5. The number of benzene rings is 1. The standard InChI is InChI=1S/C12H13NO3/c1-12(7-13,8-14)9-16-11(15)10-5-3-2-4-6-10/h2-6,14H,8-9H2,1H3/t12-/m1/s1. The Morgan fingerprint density at radius 1 is 1.50 bits per heavy atom. The lowest BCUT2D eigenvalue weighted by atomic mass is 9.96. The molecule has 0 saturated heterocycles. The zero-order valence-corrected chi connectivity index (χ0v) is 9.01. The van der Waals surface area contributed by atoms with Crippen molar-refractivity contribution in [2.75, 3.05) is 13.2 Å². The van der Waals surface area contributed by atoms with E-state index < -0.39 is 11.4 Å². The molecule has 0 heterocycles. The van der Waals surface area contributed by atoms with Crippen molar-refractivity contribution in [1.29, 1.82) is 5.26 Å². The summed E-state index contributed by atoms with van der Waals surface area (Å²) in [5.74, 6) is -0.490. The Morgan fingerprint density at radius 3 is 2.62 bits per heavy atom. The van der Waals surface area contributed by atoms with E-state index in [2.05, 4.69) is 0 Å². The molecule has 1 rings (SSSR count).